The average Bonchev–Trinajstić information content (AvgIpc) is 3.49. The van der Waals surface area contributed by atoms with E-state index in [1.807, 2.05) is 6.07 Å². The lowest BCUT2D eigenvalue weighted by Crippen LogP contribution is -2.68. The second kappa shape index (κ2) is 8.50. The molecule has 0 aromatic carbocycles. The van der Waals surface area contributed by atoms with Gasteiger partial charge in [0.15, 0.2) is 0 Å². The number of hydrogen-bond acceptors (Lipinski definition) is 5. The molecule has 3 amide bonds. The molecule has 4 aliphatic rings. The fourth-order valence-corrected chi connectivity index (χ4v) is 6.64. The summed E-state index contributed by atoms with van der Waals surface area (Å²) in [5.41, 5.74) is 0.764. The van der Waals surface area contributed by atoms with E-state index < -0.39 is 54.1 Å². The predicted molar refractivity (Wildman–Crippen MR) is 120 cm³/mol. The lowest BCUT2D eigenvalue weighted by Gasteiger charge is -2.53. The van der Waals surface area contributed by atoms with Gasteiger partial charge in [-0.3, -0.25) is 14.4 Å². The molecule has 3 N–H and O–H groups in total. The van der Waals surface area contributed by atoms with E-state index in [4.69, 9.17) is 11.6 Å². The number of aromatic amines is 1. The van der Waals surface area contributed by atoms with Gasteiger partial charge in [-0.05, 0) is 31.7 Å². The summed E-state index contributed by atoms with van der Waals surface area (Å²) in [6.45, 7) is 0.494. The molecule has 2 bridgehead atoms. The number of rotatable bonds is 5. The molecule has 34 heavy (non-hydrogen) atoms. The van der Waals surface area contributed by atoms with Gasteiger partial charge < -0.3 is 20.5 Å². The van der Waals surface area contributed by atoms with E-state index in [1.165, 1.54) is 16.2 Å². The van der Waals surface area contributed by atoms with Gasteiger partial charge in [0.1, 0.15) is 17.8 Å². The van der Waals surface area contributed by atoms with E-state index in [2.05, 4.69) is 15.6 Å². The number of H-pyrrole nitrogens is 1. The molecule has 0 spiro atoms. The van der Waals surface area contributed by atoms with Gasteiger partial charge in [-0.1, -0.05) is 11.6 Å². The van der Waals surface area contributed by atoms with Gasteiger partial charge in [0.25, 0.3) is 11.8 Å². The first kappa shape index (κ1) is 23.1. The van der Waals surface area contributed by atoms with Crippen molar-refractivity contribution in [3.8, 4) is 6.07 Å². The number of nitrogens with zero attached hydrogens (tertiary/aromatic N) is 2. The molecule has 0 radical (unpaired) electrons. The van der Waals surface area contributed by atoms with E-state index >= 15 is 0 Å². The number of carbonyl (C=O) groups excluding carboxylic acids is 3. The first-order chi connectivity index (χ1) is 16.2. The van der Waals surface area contributed by atoms with E-state index in [1.54, 1.807) is 11.4 Å². The zero-order valence-corrected chi connectivity index (χ0v) is 19.5. The Kier molecular flexibility index (Phi) is 5.76. The van der Waals surface area contributed by atoms with Crippen LogP contribution in [0.5, 0.6) is 0 Å². The maximum absolute atomic E-state index is 14.9. The molecule has 2 aromatic heterocycles. The predicted octanol–water partition coefficient (Wildman–Crippen LogP) is 3.05. The first-order valence-electron chi connectivity index (χ1n) is 11.1. The number of hydrogen-bond donors (Lipinski definition) is 3. The zero-order valence-electron chi connectivity index (χ0n) is 17.9. The number of fused-ring (bicyclic) bond motifs is 4. The number of halogens is 3. The first-order valence-corrected chi connectivity index (χ1v) is 12.4. The van der Waals surface area contributed by atoms with Gasteiger partial charge in [0, 0.05) is 30.3 Å². The quantitative estimate of drug-likeness (QED) is 0.574. The number of alkyl halides is 2. The molecule has 2 aromatic rings. The molecule has 5 heterocycles. The molecule has 3 saturated heterocycles. The number of carbonyl (C=O) groups is 3. The average molecular weight is 510 g/mol. The van der Waals surface area contributed by atoms with Crippen molar-refractivity contribution >= 4 is 50.9 Å². The van der Waals surface area contributed by atoms with Crippen LogP contribution in [0.3, 0.4) is 0 Å². The van der Waals surface area contributed by atoms with Crippen LogP contribution in [-0.4, -0.2) is 58.2 Å². The van der Waals surface area contributed by atoms with Crippen LogP contribution in [0.4, 0.5) is 8.78 Å². The number of nitriles is 1. The maximum atomic E-state index is 14.9. The summed E-state index contributed by atoms with van der Waals surface area (Å²) in [5, 5.41) is 16.9. The highest BCUT2D eigenvalue weighted by atomic mass is 35.5. The Morgan fingerprint density at radius 2 is 2.18 bits per heavy atom. The van der Waals surface area contributed by atoms with E-state index in [0.717, 1.165) is 4.70 Å². The topological polar surface area (TPSA) is 118 Å². The zero-order chi connectivity index (χ0) is 24.2. The third-order valence-electron chi connectivity index (χ3n) is 7.13. The van der Waals surface area contributed by atoms with Crippen LogP contribution in [-0.2, 0) is 9.59 Å². The standard InChI is InChI=1S/C22H22ClF2N5O3S/c23-14-9-34-16-6-15(29-17(14)16)21(33)30-12-1-2-13(22(24,25)7-12)18(30)20(32)28-11(8-26)5-10-3-4-27-19(10)31/h6,9-13,18,29H,1-5,7H2,(H,27,31)(H,28,32)/t10-,11+,12+,13+,18+/m1/s1. The van der Waals surface area contributed by atoms with Crippen molar-refractivity contribution in [2.45, 2.75) is 56.2 Å². The van der Waals surface area contributed by atoms with Crippen molar-refractivity contribution in [1.29, 1.82) is 5.26 Å². The van der Waals surface area contributed by atoms with Gasteiger partial charge in [-0.25, -0.2) is 8.78 Å². The van der Waals surface area contributed by atoms with Crippen LogP contribution >= 0.6 is 22.9 Å². The van der Waals surface area contributed by atoms with Crippen molar-refractivity contribution in [2.75, 3.05) is 6.54 Å². The Morgan fingerprint density at radius 3 is 2.82 bits per heavy atom. The molecule has 1 saturated carbocycles. The Hall–Kier alpha value is -2.71. The lowest BCUT2D eigenvalue weighted by molar-refractivity contribution is -0.179. The summed E-state index contributed by atoms with van der Waals surface area (Å²) in [7, 11) is 0. The second-order valence-electron chi connectivity index (χ2n) is 9.17. The van der Waals surface area contributed by atoms with E-state index in [-0.39, 0.29) is 24.4 Å². The molecule has 8 nitrogen and oxygen atoms in total. The molecule has 0 unspecified atom stereocenters. The Labute approximate surface area is 202 Å². The summed E-state index contributed by atoms with van der Waals surface area (Å²) in [6, 6.07) is 0.323. The highest BCUT2D eigenvalue weighted by molar-refractivity contribution is 7.17. The van der Waals surface area contributed by atoms with Crippen LogP contribution in [0, 0.1) is 23.2 Å². The molecule has 3 aliphatic heterocycles. The van der Waals surface area contributed by atoms with Crippen molar-refractivity contribution in [1.82, 2.24) is 20.5 Å². The van der Waals surface area contributed by atoms with Gasteiger partial charge in [-0.2, -0.15) is 5.26 Å². The Balaban J connectivity index is 1.42. The van der Waals surface area contributed by atoms with Gasteiger partial charge in [0.2, 0.25) is 11.8 Å². The van der Waals surface area contributed by atoms with Crippen LogP contribution < -0.4 is 10.6 Å². The Morgan fingerprint density at radius 1 is 1.38 bits per heavy atom. The van der Waals surface area contributed by atoms with Crippen LogP contribution in [0.1, 0.15) is 42.6 Å². The summed E-state index contributed by atoms with van der Waals surface area (Å²) in [4.78, 5) is 42.9. The van der Waals surface area contributed by atoms with Gasteiger partial charge in [0.05, 0.1) is 27.2 Å². The SMILES string of the molecule is N#C[C@H](C[C@H]1CCNC1=O)NC(=O)[C@@H]1[C@@H]2CC[C@@H](CC2(F)F)N1C(=O)c1cc2scc(Cl)c2[nH]1. The number of piperidine rings is 2. The van der Waals surface area contributed by atoms with E-state index in [0.29, 0.717) is 29.9 Å². The molecule has 4 fully saturated rings. The minimum atomic E-state index is -3.10. The maximum Gasteiger partial charge on any atom is 0.271 e. The molecule has 1 aliphatic carbocycles. The largest absolute Gasteiger partial charge is 0.356 e. The molecule has 180 valence electrons. The van der Waals surface area contributed by atoms with Crippen LogP contribution in [0.15, 0.2) is 11.4 Å². The fraction of sp³-hybridized carbons (Fsp3) is 0.545. The summed E-state index contributed by atoms with van der Waals surface area (Å²) in [6.07, 6.45) is 0.594. The molecule has 6 rings (SSSR count). The second-order valence-corrected chi connectivity index (χ2v) is 10.5. The summed E-state index contributed by atoms with van der Waals surface area (Å²) >= 11 is 7.49. The van der Waals surface area contributed by atoms with Crippen molar-refractivity contribution < 1.29 is 23.2 Å². The highest BCUT2D eigenvalue weighted by Gasteiger charge is 2.60. The Bertz CT molecular complexity index is 1210. The molecule has 5 atom stereocenters. The third kappa shape index (κ3) is 3.82. The summed E-state index contributed by atoms with van der Waals surface area (Å²) < 4.78 is 30.5. The van der Waals surface area contributed by atoms with Crippen LogP contribution in [0.2, 0.25) is 5.02 Å². The smallest absolute Gasteiger partial charge is 0.271 e. The van der Waals surface area contributed by atoms with Gasteiger partial charge in [-0.15, -0.1) is 11.3 Å². The number of thiophene rings is 1. The highest BCUT2D eigenvalue weighted by Crippen LogP contribution is 2.49. The van der Waals surface area contributed by atoms with Crippen molar-refractivity contribution in [3.63, 3.8) is 0 Å². The fourth-order valence-electron chi connectivity index (χ4n) is 5.49. The van der Waals surface area contributed by atoms with Crippen molar-refractivity contribution in [2.24, 2.45) is 11.8 Å². The van der Waals surface area contributed by atoms with Crippen molar-refractivity contribution in [3.05, 3.63) is 22.2 Å². The number of amides is 3. The molecular weight excluding hydrogens is 488 g/mol. The minimum Gasteiger partial charge on any atom is -0.356 e. The monoisotopic (exact) mass is 509 g/mol. The molecule has 12 heteroatoms. The minimum absolute atomic E-state index is 0.0879. The normalized spacial score (nSPS) is 28.5. The van der Waals surface area contributed by atoms with Gasteiger partial charge >= 0.3 is 0 Å². The third-order valence-corrected chi connectivity index (χ3v) is 8.49. The lowest BCUT2D eigenvalue weighted by atomic mass is 9.71. The number of nitrogens with one attached hydrogen (secondary N) is 3. The molecular formula is C22H22ClF2N5O3S. The summed E-state index contributed by atoms with van der Waals surface area (Å²) in [5.74, 6) is -6.42. The van der Waals surface area contributed by atoms with E-state index in [9.17, 15) is 28.4 Å². The number of aromatic nitrogens is 1. The van der Waals surface area contributed by atoms with Crippen LogP contribution in [0.25, 0.3) is 10.2 Å².